The van der Waals surface area contributed by atoms with E-state index in [9.17, 15) is 21.6 Å². The van der Waals surface area contributed by atoms with E-state index in [0.717, 1.165) is 40.6 Å². The number of aromatic nitrogens is 3. The quantitative estimate of drug-likeness (QED) is 0.0940. The summed E-state index contributed by atoms with van der Waals surface area (Å²) in [5, 5.41) is 11.5. The van der Waals surface area contributed by atoms with Gasteiger partial charge in [0.05, 0.1) is 40.4 Å². The van der Waals surface area contributed by atoms with Crippen molar-refractivity contribution in [1.29, 1.82) is 5.41 Å². The highest BCUT2D eigenvalue weighted by molar-refractivity contribution is 8.05. The summed E-state index contributed by atoms with van der Waals surface area (Å²) in [7, 11) is -6.58. The van der Waals surface area contributed by atoms with Crippen molar-refractivity contribution in [2.45, 2.75) is 14.7 Å². The molecule has 0 aliphatic heterocycles. The molecule has 2 N–H and O–H groups in total. The van der Waals surface area contributed by atoms with Crippen molar-refractivity contribution in [1.82, 2.24) is 12.5 Å². The van der Waals surface area contributed by atoms with Gasteiger partial charge in [-0.15, -0.1) is 18.0 Å². The summed E-state index contributed by atoms with van der Waals surface area (Å²) in [5.41, 5.74) is 1.66. The fourth-order valence-corrected chi connectivity index (χ4v) is 9.28. The number of amides is 1. The third-order valence-corrected chi connectivity index (χ3v) is 12.2. The number of pyridine rings is 1. The number of nitrogens with one attached hydrogen (secondary N) is 2. The third-order valence-electron chi connectivity index (χ3n) is 6.40. The lowest BCUT2D eigenvalue weighted by Gasteiger charge is -2.20. The van der Waals surface area contributed by atoms with Gasteiger partial charge in [-0.1, -0.05) is 29.3 Å². The highest BCUT2D eigenvalue weighted by Gasteiger charge is 2.47. The van der Waals surface area contributed by atoms with Gasteiger partial charge in [-0.3, -0.25) is 4.79 Å². The molecule has 0 aliphatic carbocycles. The Morgan fingerprint density at radius 1 is 0.956 bits per heavy atom. The molecule has 3 aromatic carbocycles. The molecule has 18 heteroatoms. The summed E-state index contributed by atoms with van der Waals surface area (Å²) in [6.07, 6.45) is 2.68. The van der Waals surface area contributed by atoms with E-state index in [1.54, 1.807) is 49.3 Å². The van der Waals surface area contributed by atoms with Crippen molar-refractivity contribution in [3.8, 4) is 0 Å². The number of rotatable bonds is 7. The minimum Gasteiger partial charge on any atom is -0.377 e. The Morgan fingerprint density at radius 3 is 2.27 bits per heavy atom. The number of anilines is 2. The SMILES string of the molecule is CN(C)c1cc[n+](C(=N)N(S(=O)(=O)c2ccc(Cl)cc2)S(=O)(=O)c2cc(C(=O)Nc3cccc4nsnc34)c(Cl)cc2S)cc1. The summed E-state index contributed by atoms with van der Waals surface area (Å²) < 4.78 is 65.9. The molecule has 232 valence electrons. The van der Waals surface area contributed by atoms with Crippen LogP contribution in [0.3, 0.4) is 0 Å². The first-order valence-corrected chi connectivity index (χ1v) is 17.4. The van der Waals surface area contributed by atoms with E-state index in [2.05, 4.69) is 26.7 Å². The van der Waals surface area contributed by atoms with Crippen LogP contribution in [0.5, 0.6) is 0 Å². The van der Waals surface area contributed by atoms with Crippen LogP contribution in [0.1, 0.15) is 10.4 Å². The number of carbonyl (C=O) groups excluding carboxylic acids is 1. The first kappa shape index (κ1) is 32.6. The van der Waals surface area contributed by atoms with E-state index < -0.39 is 41.7 Å². The molecule has 1 amide bonds. The molecule has 0 bridgehead atoms. The average molecular weight is 724 g/mol. The zero-order valence-corrected chi connectivity index (χ0v) is 28.1. The molecule has 0 spiro atoms. The first-order chi connectivity index (χ1) is 21.2. The molecule has 0 aliphatic rings. The molecule has 45 heavy (non-hydrogen) atoms. The van der Waals surface area contributed by atoms with E-state index >= 15 is 0 Å². The smallest absolute Gasteiger partial charge is 0.377 e. The topological polar surface area (TPSA) is 157 Å². The second kappa shape index (κ2) is 12.5. The van der Waals surface area contributed by atoms with Crippen LogP contribution in [-0.4, -0.2) is 55.3 Å². The van der Waals surface area contributed by atoms with Crippen LogP contribution in [0.15, 0.2) is 93.8 Å². The van der Waals surface area contributed by atoms with Crippen LogP contribution in [0.25, 0.3) is 11.0 Å². The van der Waals surface area contributed by atoms with Gasteiger partial charge in [0.15, 0.2) is 0 Å². The number of sulfonamides is 2. The van der Waals surface area contributed by atoms with Crippen LogP contribution in [0.4, 0.5) is 11.4 Å². The molecule has 2 aromatic heterocycles. The predicted octanol–water partition coefficient (Wildman–Crippen LogP) is 4.76. The molecule has 0 atom stereocenters. The molecular weight excluding hydrogens is 702 g/mol. The first-order valence-electron chi connectivity index (χ1n) is 12.6. The minimum atomic E-state index is -5.17. The van der Waals surface area contributed by atoms with Gasteiger partial charge in [0.2, 0.25) is 0 Å². The molecule has 0 unspecified atom stereocenters. The summed E-state index contributed by atoms with van der Waals surface area (Å²) in [6.45, 7) is 0. The molecule has 12 nitrogen and oxygen atoms in total. The monoisotopic (exact) mass is 722 g/mol. The Labute approximate surface area is 278 Å². The van der Waals surface area contributed by atoms with Crippen molar-refractivity contribution < 1.29 is 26.2 Å². The summed E-state index contributed by atoms with van der Waals surface area (Å²) in [4.78, 5) is 13.8. The Balaban J connectivity index is 1.64. The maximum Gasteiger partial charge on any atom is 0.421 e. The Kier molecular flexibility index (Phi) is 9.08. The molecule has 2 heterocycles. The van der Waals surface area contributed by atoms with E-state index in [1.165, 1.54) is 24.5 Å². The van der Waals surface area contributed by atoms with Crippen molar-refractivity contribution in [3.63, 3.8) is 0 Å². The maximum absolute atomic E-state index is 14.3. The average Bonchev–Trinajstić information content (AvgIpc) is 3.47. The van der Waals surface area contributed by atoms with E-state index in [0.29, 0.717) is 22.4 Å². The predicted molar refractivity (Wildman–Crippen MR) is 176 cm³/mol. The highest BCUT2D eigenvalue weighted by atomic mass is 35.5. The number of nitrogens with zero attached hydrogens (tertiary/aromatic N) is 5. The molecule has 0 saturated carbocycles. The molecule has 5 rings (SSSR count). The van der Waals surface area contributed by atoms with Gasteiger partial charge >= 0.3 is 26.0 Å². The number of fused-ring (bicyclic) bond motifs is 1. The van der Waals surface area contributed by atoms with Crippen molar-refractivity contribution in [3.05, 3.63) is 94.7 Å². The number of thiol groups is 1. The molecule has 0 saturated heterocycles. The van der Waals surface area contributed by atoms with Gasteiger partial charge in [-0.2, -0.15) is 25.6 Å². The fraction of sp³-hybridized carbons (Fsp3) is 0.0741. The molecule has 0 fully saturated rings. The van der Waals surface area contributed by atoms with Gasteiger partial charge in [-0.05, 0) is 64.4 Å². The van der Waals surface area contributed by atoms with Crippen molar-refractivity contribution >= 4 is 102 Å². The van der Waals surface area contributed by atoms with Crippen LogP contribution < -0.4 is 14.8 Å². The van der Waals surface area contributed by atoms with Gasteiger partial charge < -0.3 is 10.2 Å². The highest BCUT2D eigenvalue weighted by Crippen LogP contribution is 2.33. The lowest BCUT2D eigenvalue weighted by atomic mass is 10.2. The number of halogens is 2. The van der Waals surface area contributed by atoms with Crippen molar-refractivity contribution in [2.24, 2.45) is 0 Å². The van der Waals surface area contributed by atoms with Crippen LogP contribution in [0, 0.1) is 5.41 Å². The maximum atomic E-state index is 14.3. The van der Waals surface area contributed by atoms with Crippen LogP contribution >= 0.6 is 47.6 Å². The minimum absolute atomic E-state index is 0.0368. The van der Waals surface area contributed by atoms with Gasteiger partial charge in [0.1, 0.15) is 20.8 Å². The van der Waals surface area contributed by atoms with Crippen LogP contribution in [0.2, 0.25) is 10.0 Å². The Morgan fingerprint density at radius 2 is 1.62 bits per heavy atom. The number of carbonyl (C=O) groups is 1. The van der Waals surface area contributed by atoms with Crippen LogP contribution in [-0.2, 0) is 20.0 Å². The Hall–Kier alpha value is -3.80. The third kappa shape index (κ3) is 6.34. The van der Waals surface area contributed by atoms with E-state index in [-0.39, 0.29) is 24.2 Å². The lowest BCUT2D eigenvalue weighted by Crippen LogP contribution is -2.56. The second-order valence-corrected chi connectivity index (χ2v) is 15.2. The second-order valence-electron chi connectivity index (χ2n) is 9.53. The summed E-state index contributed by atoms with van der Waals surface area (Å²) in [5.74, 6) is -1.76. The molecule has 0 radical (unpaired) electrons. The Bertz CT molecular complexity index is 2180. The summed E-state index contributed by atoms with van der Waals surface area (Å²) >= 11 is 17.5. The largest absolute Gasteiger partial charge is 0.421 e. The standard InChI is InChI=1S/C27H21Cl2N7O5S4/c1-34(2)17-10-12-35(13-11-17)27(30)36(44(38,39)18-8-6-16(28)7-9-18)45(40,41)24-14-19(20(29)15-23(24)42)26(37)31-21-4-3-5-22-25(21)33-43-32-22/h3-15,30H,1-2H3,(H-,31,32,37,42)/p+1. The lowest BCUT2D eigenvalue weighted by molar-refractivity contribution is -0.562. The zero-order chi connectivity index (χ0) is 32.7. The molecular formula is C27H22Cl2N7O5S4+. The van der Waals surface area contributed by atoms with E-state index in [1.807, 2.05) is 0 Å². The number of hydrogen-bond acceptors (Lipinski definition) is 11. The number of benzene rings is 3. The van der Waals surface area contributed by atoms with Crippen molar-refractivity contribution in [2.75, 3.05) is 24.3 Å². The molecule has 5 aromatic rings. The van der Waals surface area contributed by atoms with Gasteiger partial charge in [0.25, 0.3) is 5.91 Å². The van der Waals surface area contributed by atoms with Gasteiger partial charge in [-0.25, -0.2) is 4.57 Å². The van der Waals surface area contributed by atoms with Gasteiger partial charge in [0, 0.05) is 29.7 Å². The normalized spacial score (nSPS) is 11.8. The fourth-order valence-electron chi connectivity index (χ4n) is 4.12. The zero-order valence-electron chi connectivity index (χ0n) is 23.2. The summed E-state index contributed by atoms with van der Waals surface area (Å²) in [6, 6.07) is 14.9. The van der Waals surface area contributed by atoms with E-state index in [4.69, 9.17) is 28.6 Å². The number of hydrogen-bond donors (Lipinski definition) is 3.